The Hall–Kier alpha value is -1.96. The van der Waals surface area contributed by atoms with Crippen LogP contribution >= 0.6 is 0 Å². The molecule has 1 unspecified atom stereocenters. The first-order chi connectivity index (χ1) is 10.8. The zero-order valence-corrected chi connectivity index (χ0v) is 13.3. The number of benzene rings is 2. The van der Waals surface area contributed by atoms with Crippen molar-refractivity contribution in [1.29, 1.82) is 0 Å². The van der Waals surface area contributed by atoms with Crippen molar-refractivity contribution >= 4 is 5.69 Å². The Bertz CT molecular complexity index is 558. The zero-order chi connectivity index (χ0) is 15.2. The van der Waals surface area contributed by atoms with Crippen molar-refractivity contribution < 1.29 is 4.74 Å². The highest BCUT2D eigenvalue weighted by atomic mass is 16.5. The second-order valence-corrected chi connectivity index (χ2v) is 6.37. The Kier molecular flexibility index (Phi) is 4.99. The van der Waals surface area contributed by atoms with Gasteiger partial charge in [-0.2, -0.15) is 0 Å². The van der Waals surface area contributed by atoms with E-state index in [1.807, 2.05) is 42.5 Å². The second kappa shape index (κ2) is 7.35. The minimum absolute atomic E-state index is 0.531. The molecule has 2 aromatic carbocycles. The fourth-order valence-corrected chi connectivity index (χ4v) is 3.33. The molecule has 0 aliphatic heterocycles. The average molecular weight is 295 g/mol. The molecule has 3 rings (SSSR count). The van der Waals surface area contributed by atoms with Crippen LogP contribution in [0.15, 0.2) is 54.6 Å². The van der Waals surface area contributed by atoms with Gasteiger partial charge in [0.15, 0.2) is 0 Å². The van der Waals surface area contributed by atoms with Crippen LogP contribution in [-0.2, 0) is 0 Å². The van der Waals surface area contributed by atoms with Gasteiger partial charge in [-0.1, -0.05) is 43.9 Å². The summed E-state index contributed by atoms with van der Waals surface area (Å²) in [5.41, 5.74) is 1.17. The number of hydrogen-bond donors (Lipinski definition) is 1. The number of anilines is 1. The summed E-state index contributed by atoms with van der Waals surface area (Å²) in [6.45, 7) is 2.28. The first kappa shape index (κ1) is 15.0. The van der Waals surface area contributed by atoms with E-state index in [9.17, 15) is 0 Å². The number of rotatable bonds is 6. The summed E-state index contributed by atoms with van der Waals surface area (Å²) in [7, 11) is 0. The zero-order valence-electron chi connectivity index (χ0n) is 13.3. The molecule has 1 aliphatic rings. The summed E-state index contributed by atoms with van der Waals surface area (Å²) >= 11 is 0. The highest BCUT2D eigenvalue weighted by molar-refractivity contribution is 5.47. The largest absolute Gasteiger partial charge is 0.457 e. The molecule has 0 amide bonds. The van der Waals surface area contributed by atoms with E-state index >= 15 is 0 Å². The number of para-hydroxylation sites is 1. The Morgan fingerprint density at radius 1 is 0.955 bits per heavy atom. The fraction of sp³-hybridized carbons (Fsp3) is 0.400. The van der Waals surface area contributed by atoms with E-state index < -0.39 is 0 Å². The molecule has 0 bridgehead atoms. The SMILES string of the molecule is CC(CC1CCCC1)Nc1ccc(Oc2ccccc2)cc1. The van der Waals surface area contributed by atoms with Gasteiger partial charge in [0.25, 0.3) is 0 Å². The van der Waals surface area contributed by atoms with E-state index in [1.54, 1.807) is 0 Å². The summed E-state index contributed by atoms with van der Waals surface area (Å²) < 4.78 is 5.82. The van der Waals surface area contributed by atoms with Crippen LogP contribution in [0.5, 0.6) is 11.5 Å². The molecule has 0 spiro atoms. The van der Waals surface area contributed by atoms with Crippen LogP contribution in [-0.4, -0.2) is 6.04 Å². The minimum atomic E-state index is 0.531. The lowest BCUT2D eigenvalue weighted by Crippen LogP contribution is -2.18. The molecule has 0 radical (unpaired) electrons. The highest BCUT2D eigenvalue weighted by Crippen LogP contribution is 2.29. The van der Waals surface area contributed by atoms with Gasteiger partial charge in [0, 0.05) is 11.7 Å². The summed E-state index contributed by atoms with van der Waals surface area (Å²) in [6.07, 6.45) is 6.94. The van der Waals surface area contributed by atoms with Gasteiger partial charge in [-0.15, -0.1) is 0 Å². The van der Waals surface area contributed by atoms with E-state index in [0.717, 1.165) is 17.4 Å². The van der Waals surface area contributed by atoms with Crippen LogP contribution in [0, 0.1) is 5.92 Å². The Balaban J connectivity index is 1.52. The maximum atomic E-state index is 5.82. The molecule has 1 N–H and O–H groups in total. The van der Waals surface area contributed by atoms with E-state index in [4.69, 9.17) is 4.74 Å². The second-order valence-electron chi connectivity index (χ2n) is 6.37. The van der Waals surface area contributed by atoms with E-state index in [-0.39, 0.29) is 0 Å². The van der Waals surface area contributed by atoms with Crippen LogP contribution in [0.4, 0.5) is 5.69 Å². The van der Waals surface area contributed by atoms with Gasteiger partial charge >= 0.3 is 0 Å². The van der Waals surface area contributed by atoms with Gasteiger partial charge in [-0.05, 0) is 55.7 Å². The lowest BCUT2D eigenvalue weighted by molar-refractivity contribution is 0.472. The third-order valence-electron chi connectivity index (χ3n) is 4.41. The third kappa shape index (κ3) is 4.27. The molecule has 2 nitrogen and oxygen atoms in total. The molecule has 2 aromatic rings. The van der Waals surface area contributed by atoms with Crippen LogP contribution in [0.2, 0.25) is 0 Å². The Labute approximate surface area is 133 Å². The van der Waals surface area contributed by atoms with Crippen molar-refractivity contribution in [3.8, 4) is 11.5 Å². The number of ether oxygens (including phenoxy) is 1. The van der Waals surface area contributed by atoms with Crippen LogP contribution in [0.3, 0.4) is 0 Å². The molecule has 0 heterocycles. The summed E-state index contributed by atoms with van der Waals surface area (Å²) in [5.74, 6) is 2.67. The molecule has 22 heavy (non-hydrogen) atoms. The van der Waals surface area contributed by atoms with Gasteiger partial charge in [-0.3, -0.25) is 0 Å². The first-order valence-corrected chi connectivity index (χ1v) is 8.39. The van der Waals surface area contributed by atoms with Crippen molar-refractivity contribution in [2.75, 3.05) is 5.32 Å². The van der Waals surface area contributed by atoms with E-state index in [0.29, 0.717) is 6.04 Å². The van der Waals surface area contributed by atoms with Crippen molar-refractivity contribution in [2.45, 2.75) is 45.1 Å². The fourth-order valence-electron chi connectivity index (χ4n) is 3.33. The quantitative estimate of drug-likeness (QED) is 0.720. The molecule has 1 saturated carbocycles. The van der Waals surface area contributed by atoms with E-state index in [1.165, 1.54) is 37.8 Å². The average Bonchev–Trinajstić information content (AvgIpc) is 3.03. The highest BCUT2D eigenvalue weighted by Gasteiger charge is 2.17. The van der Waals surface area contributed by atoms with Gasteiger partial charge in [0.05, 0.1) is 0 Å². The molecule has 1 aliphatic carbocycles. The summed E-state index contributed by atoms with van der Waals surface area (Å²) in [6, 6.07) is 18.7. The first-order valence-electron chi connectivity index (χ1n) is 8.39. The smallest absolute Gasteiger partial charge is 0.127 e. The summed E-state index contributed by atoms with van der Waals surface area (Å²) in [5, 5.41) is 3.60. The van der Waals surface area contributed by atoms with Crippen molar-refractivity contribution in [3.05, 3.63) is 54.6 Å². The maximum absolute atomic E-state index is 5.82. The number of nitrogens with one attached hydrogen (secondary N) is 1. The lowest BCUT2D eigenvalue weighted by atomic mass is 9.99. The van der Waals surface area contributed by atoms with Gasteiger partial charge in [-0.25, -0.2) is 0 Å². The predicted octanol–water partition coefficient (Wildman–Crippen LogP) is 5.86. The topological polar surface area (TPSA) is 21.3 Å². The van der Waals surface area contributed by atoms with Crippen molar-refractivity contribution in [2.24, 2.45) is 5.92 Å². The Morgan fingerprint density at radius 3 is 2.27 bits per heavy atom. The molecule has 1 atom stereocenters. The van der Waals surface area contributed by atoms with Crippen LogP contribution in [0.1, 0.15) is 39.0 Å². The monoisotopic (exact) mass is 295 g/mol. The summed E-state index contributed by atoms with van der Waals surface area (Å²) in [4.78, 5) is 0. The molecule has 0 aromatic heterocycles. The number of hydrogen-bond acceptors (Lipinski definition) is 2. The minimum Gasteiger partial charge on any atom is -0.457 e. The maximum Gasteiger partial charge on any atom is 0.127 e. The van der Waals surface area contributed by atoms with Gasteiger partial charge < -0.3 is 10.1 Å². The van der Waals surface area contributed by atoms with Crippen molar-refractivity contribution in [3.63, 3.8) is 0 Å². The standard InChI is InChI=1S/C20H25NO/c1-16(15-17-7-5-6-8-17)21-18-11-13-20(14-12-18)22-19-9-3-2-4-10-19/h2-4,9-14,16-17,21H,5-8,15H2,1H3. The molecule has 116 valence electrons. The Morgan fingerprint density at radius 2 is 1.59 bits per heavy atom. The van der Waals surface area contributed by atoms with Crippen LogP contribution < -0.4 is 10.1 Å². The molecule has 1 fully saturated rings. The predicted molar refractivity (Wildman–Crippen MR) is 92.6 cm³/mol. The van der Waals surface area contributed by atoms with Gasteiger partial charge in [0.1, 0.15) is 11.5 Å². The van der Waals surface area contributed by atoms with Gasteiger partial charge in [0.2, 0.25) is 0 Å². The van der Waals surface area contributed by atoms with Crippen LogP contribution in [0.25, 0.3) is 0 Å². The third-order valence-corrected chi connectivity index (χ3v) is 4.41. The molecular formula is C20H25NO. The van der Waals surface area contributed by atoms with Crippen molar-refractivity contribution in [1.82, 2.24) is 0 Å². The van der Waals surface area contributed by atoms with E-state index in [2.05, 4.69) is 24.4 Å². The molecule has 2 heteroatoms. The molecular weight excluding hydrogens is 270 g/mol. The lowest BCUT2D eigenvalue weighted by Gasteiger charge is -2.19. The molecule has 0 saturated heterocycles. The normalized spacial score (nSPS) is 16.4.